The van der Waals surface area contributed by atoms with Gasteiger partial charge in [0.05, 0.1) is 12.7 Å². The van der Waals surface area contributed by atoms with Crippen molar-refractivity contribution in [2.24, 2.45) is 0 Å². The van der Waals surface area contributed by atoms with Crippen LogP contribution in [-0.4, -0.2) is 11.9 Å². The average molecular weight is 354 g/mol. The van der Waals surface area contributed by atoms with E-state index in [1.807, 2.05) is 43.0 Å². The van der Waals surface area contributed by atoms with Gasteiger partial charge in [-0.3, -0.25) is 4.79 Å². The first-order valence-electron chi connectivity index (χ1n) is 8.53. The second-order valence-corrected chi connectivity index (χ2v) is 7.27. The third kappa shape index (κ3) is 2.54. The maximum atomic E-state index is 13.0. The predicted octanol–water partition coefficient (Wildman–Crippen LogP) is 5.22. The number of carbonyl (C=O) groups excluding carboxylic acids is 1. The molecule has 0 bridgehead atoms. The molecule has 128 valence electrons. The van der Waals surface area contributed by atoms with Crippen LogP contribution >= 0.6 is 11.6 Å². The van der Waals surface area contributed by atoms with Crippen molar-refractivity contribution in [1.29, 1.82) is 0 Å². The normalized spacial score (nSPS) is 16.5. The molecular weight excluding hydrogens is 334 g/mol. The number of nitrogens with zero attached hydrogens (tertiary/aromatic N) is 1. The number of hydrogen-bond acceptors (Lipinski definition) is 2. The molecule has 0 saturated carbocycles. The summed E-state index contributed by atoms with van der Waals surface area (Å²) >= 11 is 6.40. The van der Waals surface area contributed by atoms with Gasteiger partial charge in [0.15, 0.2) is 0 Å². The quantitative estimate of drug-likeness (QED) is 0.632. The molecule has 0 saturated heterocycles. The Kier molecular flexibility index (Phi) is 3.84. The molecule has 0 radical (unpaired) electrons. The maximum Gasteiger partial charge on any atom is 0.231 e. The zero-order chi connectivity index (χ0) is 17.7. The van der Waals surface area contributed by atoms with Crippen LogP contribution < -0.4 is 4.90 Å². The van der Waals surface area contributed by atoms with Crippen LogP contribution in [-0.2, 0) is 17.6 Å². The van der Waals surface area contributed by atoms with Crippen LogP contribution in [0.15, 0.2) is 41.0 Å². The smallest absolute Gasteiger partial charge is 0.231 e. The molecule has 0 fully saturated rings. The highest BCUT2D eigenvalue weighted by atomic mass is 35.5. The largest absolute Gasteiger partial charge is 0.464 e. The van der Waals surface area contributed by atoms with Crippen molar-refractivity contribution in [3.8, 4) is 0 Å². The Bertz CT molecular complexity index is 989. The van der Waals surface area contributed by atoms with Gasteiger partial charge in [-0.15, -0.1) is 0 Å². The highest BCUT2D eigenvalue weighted by Crippen LogP contribution is 2.35. The van der Waals surface area contributed by atoms with E-state index in [1.165, 1.54) is 5.56 Å². The van der Waals surface area contributed by atoms with Gasteiger partial charge < -0.3 is 9.32 Å². The van der Waals surface area contributed by atoms with E-state index in [-0.39, 0.29) is 11.9 Å². The lowest BCUT2D eigenvalue weighted by molar-refractivity contribution is -0.118. The summed E-state index contributed by atoms with van der Waals surface area (Å²) in [6.45, 7) is 6.04. The Morgan fingerprint density at radius 2 is 2.08 bits per heavy atom. The molecule has 1 aromatic heterocycles. The van der Waals surface area contributed by atoms with Crippen molar-refractivity contribution in [3.05, 3.63) is 63.9 Å². The van der Waals surface area contributed by atoms with E-state index in [9.17, 15) is 4.79 Å². The lowest BCUT2D eigenvalue weighted by Crippen LogP contribution is -2.36. The SMILES string of the molecule is Cc1cc2occ(CC(=O)N3c4ccccc4CC3C)c2c(C)c1Cl. The Labute approximate surface area is 152 Å². The molecule has 25 heavy (non-hydrogen) atoms. The molecule has 4 heteroatoms. The van der Waals surface area contributed by atoms with Crippen LogP contribution in [0.5, 0.6) is 0 Å². The molecule has 1 aliphatic heterocycles. The van der Waals surface area contributed by atoms with Crippen molar-refractivity contribution < 1.29 is 9.21 Å². The van der Waals surface area contributed by atoms with E-state index in [1.54, 1.807) is 6.26 Å². The molecule has 2 aromatic carbocycles. The lowest BCUT2D eigenvalue weighted by Gasteiger charge is -2.22. The van der Waals surface area contributed by atoms with Gasteiger partial charge in [-0.25, -0.2) is 0 Å². The van der Waals surface area contributed by atoms with Crippen LogP contribution in [0.3, 0.4) is 0 Å². The van der Waals surface area contributed by atoms with Gasteiger partial charge in [-0.2, -0.15) is 0 Å². The number of halogens is 1. The van der Waals surface area contributed by atoms with Gasteiger partial charge in [0, 0.05) is 27.7 Å². The highest BCUT2D eigenvalue weighted by molar-refractivity contribution is 6.33. The molecular formula is C21H20ClNO2. The zero-order valence-electron chi connectivity index (χ0n) is 14.6. The average Bonchev–Trinajstić information content (AvgIpc) is 3.12. The Balaban J connectivity index is 1.71. The fraction of sp³-hybridized carbons (Fsp3) is 0.286. The Morgan fingerprint density at radius 1 is 1.32 bits per heavy atom. The predicted molar refractivity (Wildman–Crippen MR) is 101 cm³/mol. The summed E-state index contributed by atoms with van der Waals surface area (Å²) in [5.41, 5.74) is 5.91. The third-order valence-electron chi connectivity index (χ3n) is 5.11. The first kappa shape index (κ1) is 16.2. The van der Waals surface area contributed by atoms with Crippen molar-refractivity contribution in [2.75, 3.05) is 4.90 Å². The summed E-state index contributed by atoms with van der Waals surface area (Å²) in [6, 6.07) is 10.2. The van der Waals surface area contributed by atoms with Gasteiger partial charge in [0.1, 0.15) is 5.58 Å². The molecule has 0 aliphatic carbocycles. The Morgan fingerprint density at radius 3 is 2.88 bits per heavy atom. The molecule has 1 unspecified atom stereocenters. The Hall–Kier alpha value is -2.26. The van der Waals surface area contributed by atoms with E-state index >= 15 is 0 Å². The molecule has 1 aliphatic rings. The fourth-order valence-electron chi connectivity index (χ4n) is 3.93. The number of fused-ring (bicyclic) bond motifs is 2. The van der Waals surface area contributed by atoms with E-state index in [0.717, 1.165) is 44.8 Å². The first-order chi connectivity index (χ1) is 12.0. The molecule has 3 nitrogen and oxygen atoms in total. The lowest BCUT2D eigenvalue weighted by atomic mass is 10.0. The summed E-state index contributed by atoms with van der Waals surface area (Å²) in [5.74, 6) is 0.0937. The topological polar surface area (TPSA) is 33.5 Å². The zero-order valence-corrected chi connectivity index (χ0v) is 15.4. The van der Waals surface area contributed by atoms with Gasteiger partial charge >= 0.3 is 0 Å². The van der Waals surface area contributed by atoms with Crippen molar-refractivity contribution in [2.45, 2.75) is 39.7 Å². The number of anilines is 1. The molecule has 3 aromatic rings. The van der Waals surface area contributed by atoms with E-state index < -0.39 is 0 Å². The summed E-state index contributed by atoms with van der Waals surface area (Å²) in [7, 11) is 0. The maximum absolute atomic E-state index is 13.0. The minimum Gasteiger partial charge on any atom is -0.464 e. The number of para-hydroxylation sites is 1. The summed E-state index contributed by atoms with van der Waals surface area (Å²) in [4.78, 5) is 15.0. The second-order valence-electron chi connectivity index (χ2n) is 6.89. The van der Waals surface area contributed by atoms with Crippen LogP contribution in [0.25, 0.3) is 11.0 Å². The van der Waals surface area contributed by atoms with Crippen LogP contribution in [0.1, 0.15) is 29.2 Å². The van der Waals surface area contributed by atoms with E-state index in [4.69, 9.17) is 16.0 Å². The molecule has 2 heterocycles. The highest BCUT2D eigenvalue weighted by Gasteiger charge is 2.31. The van der Waals surface area contributed by atoms with Crippen molar-refractivity contribution in [1.82, 2.24) is 0 Å². The van der Waals surface area contributed by atoms with Crippen molar-refractivity contribution in [3.63, 3.8) is 0 Å². The van der Waals surface area contributed by atoms with Gasteiger partial charge in [-0.05, 0) is 56.0 Å². The number of amides is 1. The fourth-order valence-corrected chi connectivity index (χ4v) is 4.08. The molecule has 0 N–H and O–H groups in total. The van der Waals surface area contributed by atoms with E-state index in [0.29, 0.717) is 6.42 Å². The number of benzene rings is 2. The minimum absolute atomic E-state index is 0.0937. The van der Waals surface area contributed by atoms with Gasteiger partial charge in [0.25, 0.3) is 0 Å². The molecule has 1 amide bonds. The second kappa shape index (κ2) is 5.92. The number of furan rings is 1. The van der Waals surface area contributed by atoms with Crippen LogP contribution in [0.2, 0.25) is 5.02 Å². The van der Waals surface area contributed by atoms with Gasteiger partial charge in [-0.1, -0.05) is 29.8 Å². The first-order valence-corrected chi connectivity index (χ1v) is 8.91. The summed E-state index contributed by atoms with van der Waals surface area (Å²) in [5, 5.41) is 1.70. The summed E-state index contributed by atoms with van der Waals surface area (Å²) < 4.78 is 5.70. The molecule has 4 rings (SSSR count). The minimum atomic E-state index is 0.0937. The number of rotatable bonds is 2. The number of carbonyl (C=O) groups is 1. The third-order valence-corrected chi connectivity index (χ3v) is 5.69. The van der Waals surface area contributed by atoms with Gasteiger partial charge in [0.2, 0.25) is 5.91 Å². The standard InChI is InChI=1S/C21H20ClNO2/c1-12-8-18-20(14(3)21(12)22)16(11-25-18)10-19(24)23-13(2)9-15-6-4-5-7-17(15)23/h4-8,11,13H,9-10H2,1-3H3. The molecule has 0 spiro atoms. The van der Waals surface area contributed by atoms with Crippen molar-refractivity contribution >= 4 is 34.2 Å². The van der Waals surface area contributed by atoms with E-state index in [2.05, 4.69) is 13.0 Å². The van der Waals surface area contributed by atoms with Crippen LogP contribution in [0.4, 0.5) is 5.69 Å². The monoisotopic (exact) mass is 353 g/mol. The summed E-state index contributed by atoms with van der Waals surface area (Å²) in [6.07, 6.45) is 2.90. The molecule has 1 atom stereocenters. The number of aryl methyl sites for hydroxylation is 2. The van der Waals surface area contributed by atoms with Crippen LogP contribution in [0, 0.1) is 13.8 Å². The number of hydrogen-bond donors (Lipinski definition) is 0.